The Morgan fingerprint density at radius 3 is 2.56 bits per heavy atom. The van der Waals surface area contributed by atoms with Gasteiger partial charge in [-0.05, 0) is 32.0 Å². The SMILES string of the molecule is CCOc1cc(N=Cc2c(O)oc3c(OCC)cccc23)ccc1O. The van der Waals surface area contributed by atoms with E-state index in [4.69, 9.17) is 13.9 Å². The highest BCUT2D eigenvalue weighted by Gasteiger charge is 2.15. The van der Waals surface area contributed by atoms with Gasteiger partial charge in [-0.25, -0.2) is 0 Å². The van der Waals surface area contributed by atoms with Gasteiger partial charge in [0.15, 0.2) is 22.8 Å². The zero-order valence-corrected chi connectivity index (χ0v) is 14.0. The zero-order chi connectivity index (χ0) is 17.8. The lowest BCUT2D eigenvalue weighted by Crippen LogP contribution is -1.91. The molecule has 0 aliphatic heterocycles. The molecule has 25 heavy (non-hydrogen) atoms. The van der Waals surface area contributed by atoms with E-state index in [-0.39, 0.29) is 11.7 Å². The largest absolute Gasteiger partial charge is 0.504 e. The fraction of sp³-hybridized carbons (Fsp3) is 0.211. The van der Waals surface area contributed by atoms with Crippen LogP contribution in [0.25, 0.3) is 11.0 Å². The predicted octanol–water partition coefficient (Wildman–Crippen LogP) is 4.39. The fourth-order valence-electron chi connectivity index (χ4n) is 2.49. The third-order valence-corrected chi connectivity index (χ3v) is 3.58. The smallest absolute Gasteiger partial charge is 0.292 e. The van der Waals surface area contributed by atoms with Crippen LogP contribution in [0.5, 0.6) is 23.2 Å². The standard InChI is InChI=1S/C19H19NO5/c1-3-23-16-7-5-6-13-14(19(22)25-18(13)16)11-20-12-8-9-15(21)17(10-12)24-4-2/h5-11,21-22H,3-4H2,1-2H3. The Hall–Kier alpha value is -3.15. The average Bonchev–Trinajstić information content (AvgIpc) is 2.92. The van der Waals surface area contributed by atoms with Gasteiger partial charge in [0.2, 0.25) is 0 Å². The lowest BCUT2D eigenvalue weighted by atomic mass is 10.1. The Labute approximate surface area is 145 Å². The highest BCUT2D eigenvalue weighted by Crippen LogP contribution is 2.36. The molecule has 0 aliphatic rings. The molecule has 130 valence electrons. The molecule has 1 heterocycles. The van der Waals surface area contributed by atoms with E-state index < -0.39 is 0 Å². The molecule has 1 aromatic heterocycles. The Bertz CT molecular complexity index is 914. The highest BCUT2D eigenvalue weighted by atomic mass is 16.5. The molecular weight excluding hydrogens is 322 g/mol. The number of rotatable bonds is 6. The predicted molar refractivity (Wildman–Crippen MR) is 95.6 cm³/mol. The number of nitrogens with zero attached hydrogens (tertiary/aromatic N) is 1. The second-order valence-corrected chi connectivity index (χ2v) is 5.23. The van der Waals surface area contributed by atoms with Crippen LogP contribution in [0.1, 0.15) is 19.4 Å². The number of aromatic hydroxyl groups is 2. The van der Waals surface area contributed by atoms with Crippen LogP contribution >= 0.6 is 0 Å². The van der Waals surface area contributed by atoms with Crippen LogP contribution in [0.4, 0.5) is 5.69 Å². The van der Waals surface area contributed by atoms with Crippen molar-refractivity contribution < 1.29 is 24.1 Å². The quantitative estimate of drug-likeness (QED) is 0.650. The topological polar surface area (TPSA) is 84.4 Å². The van der Waals surface area contributed by atoms with Gasteiger partial charge in [0, 0.05) is 17.7 Å². The van der Waals surface area contributed by atoms with Crippen molar-refractivity contribution in [2.45, 2.75) is 13.8 Å². The number of aliphatic imine (C=N–C) groups is 1. The maximum atomic E-state index is 10.1. The molecule has 6 heteroatoms. The summed E-state index contributed by atoms with van der Waals surface area (Å²) in [4.78, 5) is 4.34. The molecule has 0 amide bonds. The second-order valence-electron chi connectivity index (χ2n) is 5.23. The summed E-state index contributed by atoms with van der Waals surface area (Å²) in [5.41, 5.74) is 1.52. The van der Waals surface area contributed by atoms with E-state index in [0.717, 1.165) is 0 Å². The number of hydrogen-bond acceptors (Lipinski definition) is 6. The van der Waals surface area contributed by atoms with Crippen molar-refractivity contribution >= 4 is 22.9 Å². The number of ether oxygens (including phenoxy) is 2. The van der Waals surface area contributed by atoms with Crippen LogP contribution < -0.4 is 9.47 Å². The Morgan fingerprint density at radius 1 is 1.04 bits per heavy atom. The van der Waals surface area contributed by atoms with Crippen molar-refractivity contribution in [3.8, 4) is 23.2 Å². The van der Waals surface area contributed by atoms with Gasteiger partial charge in [0.25, 0.3) is 5.95 Å². The van der Waals surface area contributed by atoms with Gasteiger partial charge in [-0.1, -0.05) is 12.1 Å². The normalized spacial score (nSPS) is 11.3. The molecule has 0 unspecified atom stereocenters. The Balaban J connectivity index is 1.98. The van der Waals surface area contributed by atoms with Crippen LogP contribution in [-0.2, 0) is 0 Å². The molecule has 2 N–H and O–H groups in total. The average molecular weight is 341 g/mol. The maximum Gasteiger partial charge on any atom is 0.292 e. The van der Waals surface area contributed by atoms with Crippen LogP contribution in [0, 0.1) is 0 Å². The van der Waals surface area contributed by atoms with Gasteiger partial charge in [0.1, 0.15) is 0 Å². The molecule has 2 aromatic carbocycles. The molecule has 0 fully saturated rings. The monoisotopic (exact) mass is 341 g/mol. The first-order valence-corrected chi connectivity index (χ1v) is 8.01. The van der Waals surface area contributed by atoms with Gasteiger partial charge < -0.3 is 24.1 Å². The van der Waals surface area contributed by atoms with Gasteiger partial charge in [-0.3, -0.25) is 4.99 Å². The van der Waals surface area contributed by atoms with E-state index in [9.17, 15) is 10.2 Å². The highest BCUT2D eigenvalue weighted by molar-refractivity contribution is 6.03. The number of para-hydroxylation sites is 1. The molecule has 0 atom stereocenters. The second kappa shape index (κ2) is 7.17. The Morgan fingerprint density at radius 2 is 1.80 bits per heavy atom. The third-order valence-electron chi connectivity index (χ3n) is 3.58. The number of hydrogen-bond donors (Lipinski definition) is 2. The molecule has 3 rings (SSSR count). The van der Waals surface area contributed by atoms with Crippen molar-refractivity contribution in [2.24, 2.45) is 4.99 Å². The van der Waals surface area contributed by atoms with E-state index in [2.05, 4.69) is 4.99 Å². The summed E-state index contributed by atoms with van der Waals surface area (Å²) >= 11 is 0. The van der Waals surface area contributed by atoms with E-state index in [1.54, 1.807) is 18.2 Å². The summed E-state index contributed by atoms with van der Waals surface area (Å²) in [6, 6.07) is 10.2. The third kappa shape index (κ3) is 3.38. The van der Waals surface area contributed by atoms with Crippen molar-refractivity contribution in [2.75, 3.05) is 13.2 Å². The van der Waals surface area contributed by atoms with Gasteiger partial charge in [0.05, 0.1) is 24.5 Å². The number of furan rings is 1. The van der Waals surface area contributed by atoms with Gasteiger partial charge in [-0.15, -0.1) is 0 Å². The first kappa shape index (κ1) is 16.7. The van der Waals surface area contributed by atoms with Crippen molar-refractivity contribution in [1.29, 1.82) is 0 Å². The van der Waals surface area contributed by atoms with Gasteiger partial charge in [-0.2, -0.15) is 0 Å². The van der Waals surface area contributed by atoms with Crippen LogP contribution in [0.3, 0.4) is 0 Å². The molecule has 0 spiro atoms. The molecular formula is C19H19NO5. The molecule has 3 aromatic rings. The first-order chi connectivity index (χ1) is 12.1. The van der Waals surface area contributed by atoms with Crippen LogP contribution in [0.15, 0.2) is 45.8 Å². The molecule has 0 saturated heterocycles. The minimum atomic E-state index is -0.227. The molecule has 6 nitrogen and oxygen atoms in total. The summed E-state index contributed by atoms with van der Waals surface area (Å²) < 4.78 is 16.3. The lowest BCUT2D eigenvalue weighted by molar-refractivity contribution is 0.318. The van der Waals surface area contributed by atoms with Crippen molar-refractivity contribution in [3.63, 3.8) is 0 Å². The van der Waals surface area contributed by atoms with Crippen molar-refractivity contribution in [3.05, 3.63) is 42.0 Å². The van der Waals surface area contributed by atoms with Crippen molar-refractivity contribution in [1.82, 2.24) is 0 Å². The maximum absolute atomic E-state index is 10.1. The zero-order valence-electron chi connectivity index (χ0n) is 14.0. The summed E-state index contributed by atoms with van der Waals surface area (Å²) in [6.07, 6.45) is 1.51. The van der Waals surface area contributed by atoms with E-state index in [1.165, 1.54) is 12.3 Å². The minimum Gasteiger partial charge on any atom is -0.504 e. The number of benzene rings is 2. The lowest BCUT2D eigenvalue weighted by Gasteiger charge is -2.05. The summed E-state index contributed by atoms with van der Waals surface area (Å²) in [5.74, 6) is 0.753. The number of fused-ring (bicyclic) bond motifs is 1. The number of phenolic OH excluding ortho intramolecular Hbond substituents is 1. The molecule has 0 radical (unpaired) electrons. The van der Waals surface area contributed by atoms with Gasteiger partial charge >= 0.3 is 0 Å². The Kier molecular flexibility index (Phi) is 4.79. The summed E-state index contributed by atoms with van der Waals surface area (Å²) in [5, 5.41) is 20.6. The van der Waals surface area contributed by atoms with E-state index in [0.29, 0.717) is 46.9 Å². The van der Waals surface area contributed by atoms with E-state index >= 15 is 0 Å². The van der Waals surface area contributed by atoms with Crippen LogP contribution in [-0.4, -0.2) is 29.6 Å². The molecule has 0 aliphatic carbocycles. The van der Waals surface area contributed by atoms with E-state index in [1.807, 2.05) is 26.0 Å². The fourth-order valence-corrected chi connectivity index (χ4v) is 2.49. The minimum absolute atomic E-state index is 0.0544. The number of phenols is 1. The molecule has 0 bridgehead atoms. The van der Waals surface area contributed by atoms with Crippen LogP contribution in [0.2, 0.25) is 0 Å². The summed E-state index contributed by atoms with van der Waals surface area (Å²) in [6.45, 7) is 4.65. The summed E-state index contributed by atoms with van der Waals surface area (Å²) in [7, 11) is 0. The molecule has 0 saturated carbocycles. The first-order valence-electron chi connectivity index (χ1n) is 8.01.